The van der Waals surface area contributed by atoms with Crippen molar-refractivity contribution < 1.29 is 33.4 Å². The van der Waals surface area contributed by atoms with Crippen LogP contribution in [-0.2, 0) is 19.2 Å². The summed E-state index contributed by atoms with van der Waals surface area (Å²) in [7, 11) is 1.43. The van der Waals surface area contributed by atoms with Gasteiger partial charge in [-0.3, -0.25) is 24.1 Å². The molecule has 2 aliphatic heterocycles. The molecule has 3 aromatic carbocycles. The molecule has 8 nitrogen and oxygen atoms in total. The number of nitrogens with zero attached hydrogens (tertiary/aromatic N) is 2. The number of phenols is 1. The summed E-state index contributed by atoms with van der Waals surface area (Å²) < 4.78 is 19.4. The monoisotopic (exact) mass is 640 g/mol. The Morgan fingerprint density at radius 2 is 1.67 bits per heavy atom. The maximum absolute atomic E-state index is 14.5. The first-order valence-electron chi connectivity index (χ1n) is 15.0. The van der Waals surface area contributed by atoms with Gasteiger partial charge in [-0.05, 0) is 79.3 Å². The zero-order valence-corrected chi connectivity index (χ0v) is 25.8. The Morgan fingerprint density at radius 1 is 0.957 bits per heavy atom. The molecular weight excluding hydrogens is 611 g/mol. The second kappa shape index (κ2) is 10.7. The molecule has 3 aromatic rings. The first kappa shape index (κ1) is 29.9. The molecule has 10 heteroatoms. The molecule has 0 bridgehead atoms. The van der Waals surface area contributed by atoms with Gasteiger partial charge in [-0.2, -0.15) is 0 Å². The molecule has 2 saturated heterocycles. The van der Waals surface area contributed by atoms with Crippen molar-refractivity contribution in [3.8, 4) is 11.5 Å². The van der Waals surface area contributed by atoms with Crippen molar-refractivity contribution in [2.24, 2.45) is 29.1 Å². The van der Waals surface area contributed by atoms with Crippen molar-refractivity contribution in [2.75, 3.05) is 16.9 Å². The lowest BCUT2D eigenvalue weighted by Crippen LogP contribution is -2.48. The van der Waals surface area contributed by atoms with E-state index in [1.165, 1.54) is 30.2 Å². The van der Waals surface area contributed by atoms with E-state index in [1.54, 1.807) is 49.4 Å². The number of rotatable bonds is 5. The fraction of sp³-hybridized carbons (Fsp3) is 0.278. The van der Waals surface area contributed by atoms with Gasteiger partial charge in [-0.15, -0.1) is 0 Å². The molecule has 7 rings (SSSR count). The van der Waals surface area contributed by atoms with E-state index in [4.69, 9.17) is 16.3 Å². The van der Waals surface area contributed by atoms with Crippen LogP contribution < -0.4 is 14.5 Å². The lowest BCUT2D eigenvalue weighted by atomic mass is 9.51. The third-order valence-corrected chi connectivity index (χ3v) is 10.6. The minimum Gasteiger partial charge on any atom is -0.504 e. The van der Waals surface area contributed by atoms with Crippen LogP contribution in [0.5, 0.6) is 11.5 Å². The molecule has 0 spiro atoms. The molecule has 1 saturated carbocycles. The topological polar surface area (TPSA) is 104 Å². The molecule has 234 valence electrons. The van der Waals surface area contributed by atoms with Crippen LogP contribution in [0.3, 0.4) is 0 Å². The second-order valence-electron chi connectivity index (χ2n) is 12.5. The number of fused-ring (bicyclic) bond motifs is 4. The Bertz CT molecular complexity index is 1890. The number of carbonyl (C=O) groups is 4. The van der Waals surface area contributed by atoms with Crippen LogP contribution in [0.25, 0.3) is 6.08 Å². The Balaban J connectivity index is 1.36. The van der Waals surface area contributed by atoms with Crippen LogP contribution in [-0.4, -0.2) is 35.8 Å². The normalized spacial score (nSPS) is 28.5. The summed E-state index contributed by atoms with van der Waals surface area (Å²) in [6.07, 6.45) is 4.04. The van der Waals surface area contributed by atoms with E-state index in [0.29, 0.717) is 11.3 Å². The molecule has 4 amide bonds. The van der Waals surface area contributed by atoms with Crippen LogP contribution in [0.1, 0.15) is 36.8 Å². The van der Waals surface area contributed by atoms with Gasteiger partial charge in [0, 0.05) is 5.92 Å². The Kier molecular flexibility index (Phi) is 6.93. The van der Waals surface area contributed by atoms with Gasteiger partial charge >= 0.3 is 0 Å². The summed E-state index contributed by atoms with van der Waals surface area (Å²) in [5, 5.41) is 10.6. The molecule has 0 aromatic heterocycles. The maximum Gasteiger partial charge on any atom is 0.241 e. The van der Waals surface area contributed by atoms with E-state index in [-0.39, 0.29) is 46.9 Å². The number of halogens is 2. The van der Waals surface area contributed by atoms with Crippen molar-refractivity contribution in [3.63, 3.8) is 0 Å². The van der Waals surface area contributed by atoms with Crippen molar-refractivity contribution >= 4 is 52.7 Å². The number of aromatic hydroxyl groups is 1. The van der Waals surface area contributed by atoms with Crippen LogP contribution in [0.4, 0.5) is 15.8 Å². The number of anilines is 2. The third-order valence-electron chi connectivity index (χ3n) is 10.4. The highest BCUT2D eigenvalue weighted by atomic mass is 35.5. The van der Waals surface area contributed by atoms with Gasteiger partial charge in [-0.25, -0.2) is 9.29 Å². The Morgan fingerprint density at radius 3 is 2.33 bits per heavy atom. The first-order valence-corrected chi connectivity index (χ1v) is 15.4. The number of benzene rings is 3. The highest BCUT2D eigenvalue weighted by Crippen LogP contribution is 2.64. The third kappa shape index (κ3) is 4.10. The number of imide groups is 2. The van der Waals surface area contributed by atoms with E-state index in [2.05, 4.69) is 6.58 Å². The summed E-state index contributed by atoms with van der Waals surface area (Å²) in [6, 6.07) is 15.5. The van der Waals surface area contributed by atoms with Crippen molar-refractivity contribution in [3.05, 3.63) is 101 Å². The van der Waals surface area contributed by atoms with E-state index in [9.17, 15) is 28.7 Å². The van der Waals surface area contributed by atoms with E-state index < -0.39 is 52.6 Å². The van der Waals surface area contributed by atoms with Gasteiger partial charge in [-0.1, -0.05) is 54.1 Å². The highest BCUT2D eigenvalue weighted by molar-refractivity contribution is 6.32. The predicted octanol–water partition coefficient (Wildman–Crippen LogP) is 6.27. The van der Waals surface area contributed by atoms with E-state index in [1.807, 2.05) is 6.08 Å². The highest BCUT2D eigenvalue weighted by Gasteiger charge is 2.67. The second-order valence-corrected chi connectivity index (χ2v) is 12.9. The summed E-state index contributed by atoms with van der Waals surface area (Å²) in [6.45, 7) is 5.49. The molecule has 2 heterocycles. The SMILES string of the molecule is C=Cc1ccc(N2C(=O)[C@H]3[C@H](CC=C4[C@H]3C[C@H]3C(=O)N(c5ccc(F)c(Cl)c5)C(=O)[C@@]3(C)[C@H]4c3ccc(OC)c(O)c3)C2=O)cc1. The predicted molar refractivity (Wildman–Crippen MR) is 170 cm³/mol. The molecule has 0 unspecified atom stereocenters. The van der Waals surface area contributed by atoms with Crippen molar-refractivity contribution in [2.45, 2.75) is 25.7 Å². The molecule has 4 aliphatic rings. The van der Waals surface area contributed by atoms with Gasteiger partial charge in [0.15, 0.2) is 11.5 Å². The minimum absolute atomic E-state index is 0.142. The molecular formula is C36H30ClFN2O6. The maximum atomic E-state index is 14.5. The molecule has 1 N–H and O–H groups in total. The lowest BCUT2D eigenvalue weighted by Gasteiger charge is -2.49. The smallest absolute Gasteiger partial charge is 0.241 e. The van der Waals surface area contributed by atoms with E-state index >= 15 is 0 Å². The average molecular weight is 641 g/mol. The van der Waals surface area contributed by atoms with Gasteiger partial charge < -0.3 is 9.84 Å². The van der Waals surface area contributed by atoms with Crippen LogP contribution >= 0.6 is 11.6 Å². The van der Waals surface area contributed by atoms with Gasteiger partial charge in [0.25, 0.3) is 0 Å². The summed E-state index contributed by atoms with van der Waals surface area (Å²) in [4.78, 5) is 59.0. The van der Waals surface area contributed by atoms with Crippen molar-refractivity contribution in [1.82, 2.24) is 0 Å². The number of hydrogen-bond donors (Lipinski definition) is 1. The number of amides is 4. The quantitative estimate of drug-likeness (QED) is 0.260. The van der Waals surface area contributed by atoms with Crippen molar-refractivity contribution in [1.29, 1.82) is 0 Å². The number of hydrogen-bond acceptors (Lipinski definition) is 6. The molecule has 3 fully saturated rings. The van der Waals surface area contributed by atoms with Crippen LogP contribution in [0.2, 0.25) is 5.02 Å². The first-order chi connectivity index (χ1) is 22.0. The summed E-state index contributed by atoms with van der Waals surface area (Å²) in [5.74, 6) is -5.76. The minimum atomic E-state index is -1.33. The largest absolute Gasteiger partial charge is 0.504 e. The molecule has 0 radical (unpaired) electrons. The standard InChI is InChI=1S/C36H30ClFN2O6/c1-4-18-5-8-20(9-6-18)39-32(42)23-12-11-22-24(30(23)34(39)44)17-25-33(43)40(21-10-13-27(38)26(37)16-21)35(45)36(25,2)31(22)19-7-14-29(46-3)28(41)15-19/h4-11,13-16,23-25,30-31,41H,1,12,17H2,2-3H3/t23-,24+,25-,30-,31-,36+/m0/s1. The fourth-order valence-electron chi connectivity index (χ4n) is 8.17. The molecule has 46 heavy (non-hydrogen) atoms. The van der Waals surface area contributed by atoms with Gasteiger partial charge in [0.05, 0.1) is 46.7 Å². The van der Waals surface area contributed by atoms with Crippen LogP contribution in [0, 0.1) is 34.9 Å². The average Bonchev–Trinajstić information content (AvgIpc) is 3.41. The zero-order chi connectivity index (χ0) is 32.7. The number of carbonyl (C=O) groups excluding carboxylic acids is 4. The Hall–Kier alpha value is -4.76. The number of allylic oxidation sites excluding steroid dienone is 2. The fourth-order valence-corrected chi connectivity index (χ4v) is 8.34. The summed E-state index contributed by atoms with van der Waals surface area (Å²) >= 11 is 6.07. The van der Waals surface area contributed by atoms with Gasteiger partial charge in [0.1, 0.15) is 5.82 Å². The number of phenolic OH excluding ortho intramolecular Hbond substituents is 1. The van der Waals surface area contributed by atoms with Gasteiger partial charge in [0.2, 0.25) is 23.6 Å². The lowest BCUT2D eigenvalue weighted by molar-refractivity contribution is -0.131. The molecule has 2 aliphatic carbocycles. The van der Waals surface area contributed by atoms with Crippen LogP contribution in [0.15, 0.2) is 78.9 Å². The Labute approximate surface area is 269 Å². The zero-order valence-electron chi connectivity index (χ0n) is 25.1. The summed E-state index contributed by atoms with van der Waals surface area (Å²) in [5.41, 5.74) is 1.45. The van der Waals surface area contributed by atoms with E-state index in [0.717, 1.165) is 22.1 Å². The number of ether oxygens (including phenoxy) is 1. The number of methoxy groups -OCH3 is 1. The molecule has 6 atom stereocenters.